The molecule has 1 saturated heterocycles. The highest BCUT2D eigenvalue weighted by atomic mass is 32.1. The zero-order chi connectivity index (χ0) is 11.4. The lowest BCUT2D eigenvalue weighted by molar-refractivity contribution is -0.0648. The Labute approximate surface area is 101 Å². The highest BCUT2D eigenvalue weighted by Gasteiger charge is 2.31. The predicted octanol–water partition coefficient (Wildman–Crippen LogP) is 1.52. The Kier molecular flexibility index (Phi) is 3.97. The van der Waals surface area contributed by atoms with E-state index in [2.05, 4.69) is 35.2 Å². The third kappa shape index (κ3) is 3.04. The van der Waals surface area contributed by atoms with Crippen molar-refractivity contribution >= 4 is 11.3 Å². The first-order chi connectivity index (χ1) is 7.70. The van der Waals surface area contributed by atoms with E-state index in [0.29, 0.717) is 0 Å². The van der Waals surface area contributed by atoms with E-state index >= 15 is 0 Å². The van der Waals surface area contributed by atoms with Crippen molar-refractivity contribution in [2.45, 2.75) is 26.0 Å². The van der Waals surface area contributed by atoms with Gasteiger partial charge in [0.05, 0.1) is 12.2 Å². The van der Waals surface area contributed by atoms with Gasteiger partial charge in [0.1, 0.15) is 0 Å². The van der Waals surface area contributed by atoms with Crippen LogP contribution in [0.4, 0.5) is 0 Å². The topological polar surface area (TPSA) is 33.3 Å². The molecule has 2 N–H and O–H groups in total. The number of hydrogen-bond donors (Lipinski definition) is 2. The fraction of sp³-hybridized carbons (Fsp3) is 0.667. The zero-order valence-electron chi connectivity index (χ0n) is 10.0. The third-order valence-corrected chi connectivity index (χ3v) is 3.91. The molecule has 2 heterocycles. The first-order valence-electron chi connectivity index (χ1n) is 5.77. The van der Waals surface area contributed by atoms with Crippen LogP contribution in [0, 0.1) is 6.92 Å². The number of thiophene rings is 1. The molecule has 0 atom stereocenters. The molecule has 0 spiro atoms. The van der Waals surface area contributed by atoms with Gasteiger partial charge in [-0.05, 0) is 35.7 Å². The number of hydrogen-bond acceptors (Lipinski definition) is 4. The zero-order valence-corrected chi connectivity index (χ0v) is 10.8. The summed E-state index contributed by atoms with van der Waals surface area (Å²) < 4.78 is 5.79. The average Bonchev–Trinajstić information content (AvgIpc) is 2.61. The summed E-state index contributed by atoms with van der Waals surface area (Å²) in [4.78, 5) is 0. The molecule has 0 saturated carbocycles. The van der Waals surface area contributed by atoms with E-state index in [-0.39, 0.29) is 5.60 Å². The van der Waals surface area contributed by atoms with Crippen molar-refractivity contribution in [3.05, 3.63) is 21.9 Å². The molecular weight excluding hydrogens is 220 g/mol. The van der Waals surface area contributed by atoms with Crippen molar-refractivity contribution in [3.8, 4) is 0 Å². The summed E-state index contributed by atoms with van der Waals surface area (Å²) in [6.45, 7) is 8.95. The number of nitrogens with one attached hydrogen (secondary N) is 2. The maximum Gasteiger partial charge on any atom is 0.0902 e. The van der Waals surface area contributed by atoms with Crippen LogP contribution >= 0.6 is 11.3 Å². The van der Waals surface area contributed by atoms with Crippen molar-refractivity contribution in [1.82, 2.24) is 10.6 Å². The van der Waals surface area contributed by atoms with Gasteiger partial charge in [0.15, 0.2) is 0 Å². The monoisotopic (exact) mass is 240 g/mol. The van der Waals surface area contributed by atoms with Crippen LogP contribution < -0.4 is 10.6 Å². The lowest BCUT2D eigenvalue weighted by Gasteiger charge is -2.39. The van der Waals surface area contributed by atoms with Crippen LogP contribution in [-0.2, 0) is 11.3 Å². The van der Waals surface area contributed by atoms with Gasteiger partial charge in [-0.1, -0.05) is 0 Å². The van der Waals surface area contributed by atoms with Crippen LogP contribution in [0.1, 0.15) is 18.1 Å². The molecule has 90 valence electrons. The van der Waals surface area contributed by atoms with E-state index in [1.165, 1.54) is 11.1 Å². The van der Waals surface area contributed by atoms with E-state index in [4.69, 9.17) is 4.74 Å². The van der Waals surface area contributed by atoms with Crippen LogP contribution in [-0.4, -0.2) is 31.8 Å². The fourth-order valence-corrected chi connectivity index (χ4v) is 2.60. The third-order valence-electron chi connectivity index (χ3n) is 3.00. The second kappa shape index (κ2) is 5.27. The van der Waals surface area contributed by atoms with Crippen molar-refractivity contribution in [1.29, 1.82) is 0 Å². The Morgan fingerprint density at radius 1 is 1.50 bits per heavy atom. The lowest BCUT2D eigenvalue weighted by Crippen LogP contribution is -2.59. The minimum Gasteiger partial charge on any atom is -0.371 e. The molecule has 0 aromatic carbocycles. The van der Waals surface area contributed by atoms with Gasteiger partial charge in [-0.15, -0.1) is 0 Å². The van der Waals surface area contributed by atoms with E-state index in [0.717, 1.165) is 32.8 Å². The van der Waals surface area contributed by atoms with Crippen LogP contribution in [0.15, 0.2) is 10.8 Å². The first-order valence-corrected chi connectivity index (χ1v) is 6.71. The summed E-state index contributed by atoms with van der Waals surface area (Å²) in [5, 5.41) is 11.0. The molecule has 1 aromatic rings. The molecule has 0 aliphatic carbocycles. The highest BCUT2D eigenvalue weighted by molar-refractivity contribution is 7.08. The van der Waals surface area contributed by atoms with Gasteiger partial charge in [0, 0.05) is 26.2 Å². The Hall–Kier alpha value is -0.420. The Morgan fingerprint density at radius 2 is 2.31 bits per heavy atom. The van der Waals surface area contributed by atoms with Gasteiger partial charge >= 0.3 is 0 Å². The predicted molar refractivity (Wildman–Crippen MR) is 68.0 cm³/mol. The molecule has 16 heavy (non-hydrogen) atoms. The molecule has 4 heteroatoms. The number of rotatable bonds is 6. The van der Waals surface area contributed by atoms with E-state index in [1.807, 2.05) is 0 Å². The number of ether oxygens (including phenoxy) is 1. The van der Waals surface area contributed by atoms with Crippen LogP contribution in [0.5, 0.6) is 0 Å². The molecule has 0 bridgehead atoms. The molecule has 1 aliphatic heterocycles. The van der Waals surface area contributed by atoms with Crippen molar-refractivity contribution in [3.63, 3.8) is 0 Å². The Bertz CT molecular complexity index is 334. The standard InChI is InChI=1S/C12H20N2OS/c1-10-6-16-7-11(10)5-13-3-4-15-12(2)8-14-9-12/h6-7,13-14H,3-5,8-9H2,1-2H3. The van der Waals surface area contributed by atoms with Crippen molar-refractivity contribution in [2.75, 3.05) is 26.2 Å². The van der Waals surface area contributed by atoms with Crippen LogP contribution in [0.25, 0.3) is 0 Å². The lowest BCUT2D eigenvalue weighted by atomic mass is 10.0. The van der Waals surface area contributed by atoms with Gasteiger partial charge in [-0.25, -0.2) is 0 Å². The molecule has 0 radical (unpaired) electrons. The number of aryl methyl sites for hydroxylation is 1. The summed E-state index contributed by atoms with van der Waals surface area (Å²) in [5.41, 5.74) is 2.87. The maximum atomic E-state index is 5.79. The Balaban J connectivity index is 1.57. The van der Waals surface area contributed by atoms with Crippen LogP contribution in [0.3, 0.4) is 0 Å². The molecule has 1 aromatic heterocycles. The second-order valence-electron chi connectivity index (χ2n) is 4.66. The summed E-state index contributed by atoms with van der Waals surface area (Å²) in [5.74, 6) is 0. The summed E-state index contributed by atoms with van der Waals surface area (Å²) in [6, 6.07) is 0. The molecule has 2 rings (SSSR count). The normalized spacial score (nSPS) is 18.4. The van der Waals surface area contributed by atoms with Crippen LogP contribution in [0.2, 0.25) is 0 Å². The molecule has 0 unspecified atom stereocenters. The smallest absolute Gasteiger partial charge is 0.0902 e. The molecule has 3 nitrogen and oxygen atoms in total. The van der Waals surface area contributed by atoms with Crippen molar-refractivity contribution in [2.24, 2.45) is 0 Å². The second-order valence-corrected chi connectivity index (χ2v) is 5.40. The van der Waals surface area contributed by atoms with Gasteiger partial charge < -0.3 is 15.4 Å². The van der Waals surface area contributed by atoms with Gasteiger partial charge in [0.2, 0.25) is 0 Å². The minimum absolute atomic E-state index is 0.0833. The molecule has 0 amide bonds. The SMILES string of the molecule is Cc1cscc1CNCCOC1(C)CNC1. The van der Waals surface area contributed by atoms with E-state index < -0.39 is 0 Å². The minimum atomic E-state index is 0.0833. The largest absolute Gasteiger partial charge is 0.371 e. The van der Waals surface area contributed by atoms with Gasteiger partial charge in [-0.3, -0.25) is 0 Å². The van der Waals surface area contributed by atoms with Gasteiger partial charge in [-0.2, -0.15) is 11.3 Å². The van der Waals surface area contributed by atoms with E-state index in [1.54, 1.807) is 11.3 Å². The first kappa shape index (κ1) is 12.0. The maximum absolute atomic E-state index is 5.79. The highest BCUT2D eigenvalue weighted by Crippen LogP contribution is 2.15. The summed E-state index contributed by atoms with van der Waals surface area (Å²) >= 11 is 1.77. The molecule has 1 fully saturated rings. The van der Waals surface area contributed by atoms with Crippen molar-refractivity contribution < 1.29 is 4.74 Å². The molecular formula is C12H20N2OS. The molecule has 1 aliphatic rings. The average molecular weight is 240 g/mol. The Morgan fingerprint density at radius 3 is 2.88 bits per heavy atom. The fourth-order valence-electron chi connectivity index (χ4n) is 1.74. The van der Waals surface area contributed by atoms with E-state index in [9.17, 15) is 0 Å². The van der Waals surface area contributed by atoms with Gasteiger partial charge in [0.25, 0.3) is 0 Å². The quantitative estimate of drug-likeness (QED) is 0.740. The summed E-state index contributed by atoms with van der Waals surface area (Å²) in [7, 11) is 0. The summed E-state index contributed by atoms with van der Waals surface area (Å²) in [6.07, 6.45) is 0.